The Hall–Kier alpha value is -1.35. The van der Waals surface area contributed by atoms with Crippen LogP contribution in [0.5, 0.6) is 0 Å². The molecule has 2 atom stereocenters. The molecule has 2 heterocycles. The van der Waals surface area contributed by atoms with E-state index in [0.29, 0.717) is 12.0 Å². The van der Waals surface area contributed by atoms with E-state index in [4.69, 9.17) is 0 Å². The molecule has 2 unspecified atom stereocenters. The Labute approximate surface area is 115 Å². The molecule has 2 fully saturated rings. The van der Waals surface area contributed by atoms with E-state index >= 15 is 0 Å². The summed E-state index contributed by atoms with van der Waals surface area (Å²) in [6.45, 7) is 5.23. The maximum absolute atomic E-state index is 12.6. The van der Waals surface area contributed by atoms with Crippen LogP contribution in [-0.2, 0) is 6.42 Å². The highest BCUT2D eigenvalue weighted by Gasteiger charge is 2.39. The van der Waals surface area contributed by atoms with Gasteiger partial charge in [0.2, 0.25) is 0 Å². The molecule has 2 saturated heterocycles. The van der Waals surface area contributed by atoms with Crippen LogP contribution in [0.25, 0.3) is 0 Å². The van der Waals surface area contributed by atoms with E-state index in [2.05, 4.69) is 35.9 Å². The third kappa shape index (κ3) is 2.39. The van der Waals surface area contributed by atoms with Crippen LogP contribution in [0.2, 0.25) is 0 Å². The fourth-order valence-corrected chi connectivity index (χ4v) is 3.49. The zero-order valence-electron chi connectivity index (χ0n) is 11.8. The fraction of sp³-hybridized carbons (Fsp3) is 0.562. The van der Waals surface area contributed by atoms with E-state index < -0.39 is 0 Å². The fourth-order valence-electron chi connectivity index (χ4n) is 3.49. The minimum Gasteiger partial charge on any atom is -0.334 e. The van der Waals surface area contributed by atoms with Gasteiger partial charge < -0.3 is 9.80 Å². The second-order valence-electron chi connectivity index (χ2n) is 5.98. The largest absolute Gasteiger partial charge is 0.334 e. The average molecular weight is 258 g/mol. The second-order valence-corrected chi connectivity index (χ2v) is 5.98. The van der Waals surface area contributed by atoms with E-state index in [0.717, 1.165) is 31.6 Å². The van der Waals surface area contributed by atoms with E-state index in [-0.39, 0.29) is 5.91 Å². The van der Waals surface area contributed by atoms with Crippen LogP contribution in [0.15, 0.2) is 24.3 Å². The molecular formula is C16H22N2O. The smallest absolute Gasteiger partial charge is 0.254 e. The van der Waals surface area contributed by atoms with Crippen molar-refractivity contribution in [2.45, 2.75) is 25.8 Å². The van der Waals surface area contributed by atoms with Crippen molar-refractivity contribution >= 4 is 5.91 Å². The lowest BCUT2D eigenvalue weighted by molar-refractivity contribution is 0.0722. The number of piperidine rings is 1. The Balaban J connectivity index is 1.76. The molecule has 3 nitrogen and oxygen atoms in total. The van der Waals surface area contributed by atoms with Crippen LogP contribution in [0.4, 0.5) is 0 Å². The van der Waals surface area contributed by atoms with Gasteiger partial charge in [0.1, 0.15) is 0 Å². The molecule has 0 aliphatic carbocycles. The predicted octanol–water partition coefficient (Wildman–Crippen LogP) is 2.03. The van der Waals surface area contributed by atoms with E-state index in [1.54, 1.807) is 0 Å². The standard InChI is InChI=1S/C16H22N2O/c1-3-12-4-6-14(7-5-12)16(19)18-10-13-8-15(18)11-17(2)9-13/h4-7,13,15H,3,8-11H2,1-2H3. The first-order valence-electron chi connectivity index (χ1n) is 7.26. The maximum atomic E-state index is 12.6. The number of carbonyl (C=O) groups excluding carboxylic acids is 1. The van der Waals surface area contributed by atoms with E-state index in [1.165, 1.54) is 12.0 Å². The molecule has 19 heavy (non-hydrogen) atoms. The Morgan fingerprint density at radius 3 is 2.63 bits per heavy atom. The van der Waals surface area contributed by atoms with Crippen LogP contribution in [-0.4, -0.2) is 48.4 Å². The summed E-state index contributed by atoms with van der Waals surface area (Å²) in [5, 5.41) is 0. The van der Waals surface area contributed by atoms with Crippen molar-refractivity contribution in [2.24, 2.45) is 5.92 Å². The molecule has 0 radical (unpaired) electrons. The first-order valence-corrected chi connectivity index (χ1v) is 7.26. The first-order chi connectivity index (χ1) is 9.17. The summed E-state index contributed by atoms with van der Waals surface area (Å²) in [7, 11) is 2.16. The zero-order chi connectivity index (χ0) is 13.4. The Bertz CT molecular complexity index is 468. The summed E-state index contributed by atoms with van der Waals surface area (Å²) in [6.07, 6.45) is 2.21. The summed E-state index contributed by atoms with van der Waals surface area (Å²) >= 11 is 0. The third-order valence-electron chi connectivity index (χ3n) is 4.46. The lowest BCUT2D eigenvalue weighted by Crippen LogP contribution is -2.42. The van der Waals surface area contributed by atoms with Crippen molar-refractivity contribution in [1.29, 1.82) is 0 Å². The van der Waals surface area contributed by atoms with Gasteiger partial charge in [0, 0.05) is 31.2 Å². The molecule has 0 saturated carbocycles. The van der Waals surface area contributed by atoms with Crippen molar-refractivity contribution in [3.63, 3.8) is 0 Å². The highest BCUT2D eigenvalue weighted by molar-refractivity contribution is 5.94. The number of carbonyl (C=O) groups is 1. The van der Waals surface area contributed by atoms with Crippen LogP contribution < -0.4 is 0 Å². The van der Waals surface area contributed by atoms with Gasteiger partial charge in [-0.05, 0) is 43.5 Å². The minimum atomic E-state index is 0.213. The summed E-state index contributed by atoms with van der Waals surface area (Å²) in [4.78, 5) is 17.0. The summed E-state index contributed by atoms with van der Waals surface area (Å²) in [6, 6.07) is 8.52. The van der Waals surface area contributed by atoms with Crippen LogP contribution in [0.3, 0.4) is 0 Å². The number of likely N-dealkylation sites (N-methyl/N-ethyl adjacent to an activating group) is 1. The number of amides is 1. The van der Waals surface area contributed by atoms with Crippen molar-refractivity contribution in [1.82, 2.24) is 9.80 Å². The molecule has 1 aromatic carbocycles. The summed E-state index contributed by atoms with van der Waals surface area (Å²) < 4.78 is 0. The van der Waals surface area contributed by atoms with Gasteiger partial charge in [0.25, 0.3) is 5.91 Å². The number of hydrogen-bond acceptors (Lipinski definition) is 2. The lowest BCUT2D eigenvalue weighted by Gasteiger charge is -2.29. The van der Waals surface area contributed by atoms with Gasteiger partial charge in [-0.15, -0.1) is 0 Å². The van der Waals surface area contributed by atoms with Gasteiger partial charge in [0.15, 0.2) is 0 Å². The van der Waals surface area contributed by atoms with Gasteiger partial charge in [-0.1, -0.05) is 19.1 Å². The zero-order valence-corrected chi connectivity index (χ0v) is 11.8. The van der Waals surface area contributed by atoms with Crippen molar-refractivity contribution in [2.75, 3.05) is 26.7 Å². The van der Waals surface area contributed by atoms with Crippen molar-refractivity contribution in [3.8, 4) is 0 Å². The topological polar surface area (TPSA) is 23.6 Å². The molecule has 2 aliphatic heterocycles. The number of nitrogens with zero attached hydrogens (tertiary/aromatic N) is 2. The minimum absolute atomic E-state index is 0.213. The summed E-state index contributed by atoms with van der Waals surface area (Å²) in [5.74, 6) is 0.882. The van der Waals surface area contributed by atoms with Gasteiger partial charge >= 0.3 is 0 Å². The van der Waals surface area contributed by atoms with Crippen molar-refractivity contribution < 1.29 is 4.79 Å². The Morgan fingerprint density at radius 1 is 1.21 bits per heavy atom. The number of aryl methyl sites for hydroxylation is 1. The number of fused-ring (bicyclic) bond motifs is 2. The van der Waals surface area contributed by atoms with Gasteiger partial charge in [0.05, 0.1) is 0 Å². The van der Waals surface area contributed by atoms with Crippen LogP contribution >= 0.6 is 0 Å². The molecular weight excluding hydrogens is 236 g/mol. The summed E-state index contributed by atoms with van der Waals surface area (Å²) in [5.41, 5.74) is 2.13. The number of benzene rings is 1. The molecule has 0 aromatic heterocycles. The normalized spacial score (nSPS) is 26.7. The quantitative estimate of drug-likeness (QED) is 0.810. The third-order valence-corrected chi connectivity index (χ3v) is 4.46. The van der Waals surface area contributed by atoms with E-state index in [9.17, 15) is 4.79 Å². The van der Waals surface area contributed by atoms with Gasteiger partial charge in [-0.2, -0.15) is 0 Å². The van der Waals surface area contributed by atoms with Crippen molar-refractivity contribution in [3.05, 3.63) is 35.4 Å². The van der Waals surface area contributed by atoms with Crippen LogP contribution in [0.1, 0.15) is 29.3 Å². The molecule has 0 spiro atoms. The SMILES string of the molecule is CCc1ccc(C(=O)N2CC3CC2CN(C)C3)cc1. The molecule has 2 aliphatic rings. The number of likely N-dealkylation sites (tertiary alicyclic amines) is 2. The average Bonchev–Trinajstić information content (AvgIpc) is 2.73. The number of rotatable bonds is 2. The van der Waals surface area contributed by atoms with E-state index in [1.807, 2.05) is 12.1 Å². The molecule has 2 bridgehead atoms. The van der Waals surface area contributed by atoms with Gasteiger partial charge in [-0.25, -0.2) is 0 Å². The molecule has 102 valence electrons. The molecule has 1 aromatic rings. The molecule has 0 N–H and O–H groups in total. The Morgan fingerprint density at radius 2 is 1.95 bits per heavy atom. The number of hydrogen-bond donors (Lipinski definition) is 0. The molecule has 1 amide bonds. The predicted molar refractivity (Wildman–Crippen MR) is 76.2 cm³/mol. The van der Waals surface area contributed by atoms with Crippen LogP contribution in [0, 0.1) is 5.92 Å². The maximum Gasteiger partial charge on any atom is 0.254 e. The second kappa shape index (κ2) is 4.97. The first kappa shape index (κ1) is 12.7. The lowest BCUT2D eigenvalue weighted by atomic mass is 10.0. The Kier molecular flexibility index (Phi) is 3.31. The molecule has 3 heteroatoms. The molecule has 3 rings (SSSR count). The monoisotopic (exact) mass is 258 g/mol. The highest BCUT2D eigenvalue weighted by atomic mass is 16.2. The highest BCUT2D eigenvalue weighted by Crippen LogP contribution is 2.30. The van der Waals surface area contributed by atoms with Gasteiger partial charge in [-0.3, -0.25) is 4.79 Å².